The predicted octanol–water partition coefficient (Wildman–Crippen LogP) is 2.99. The summed E-state index contributed by atoms with van der Waals surface area (Å²) < 4.78 is 31.0. The Labute approximate surface area is 124 Å². The van der Waals surface area contributed by atoms with Crippen LogP contribution in [0, 0.1) is 0 Å². The second kappa shape index (κ2) is 10.5. The van der Waals surface area contributed by atoms with Crippen LogP contribution in [0.4, 0.5) is 5.69 Å². The molecule has 0 aromatic heterocycles. The lowest BCUT2D eigenvalue weighted by atomic mass is 10.3. The first kappa shape index (κ1) is 21.0. The van der Waals surface area contributed by atoms with Gasteiger partial charge in [0.15, 0.2) is 0 Å². The van der Waals surface area contributed by atoms with Gasteiger partial charge in [-0.25, -0.2) is 0 Å². The van der Waals surface area contributed by atoms with Gasteiger partial charge in [0.2, 0.25) is 0 Å². The monoisotopic (exact) mass is 304 g/mol. The third kappa shape index (κ3) is 5.79. The lowest BCUT2D eigenvalue weighted by Gasteiger charge is -2.23. The third-order valence-corrected chi connectivity index (χ3v) is 4.07. The highest BCUT2D eigenvalue weighted by Crippen LogP contribution is 2.20. The van der Waals surface area contributed by atoms with Gasteiger partial charge in [-0.3, -0.25) is 4.31 Å². The summed E-state index contributed by atoms with van der Waals surface area (Å²) in [5.41, 5.74) is 0.592. The van der Waals surface area contributed by atoms with Gasteiger partial charge < -0.3 is 4.74 Å². The number of hydrogen-bond donors (Lipinski definition) is 0. The first-order valence-corrected chi connectivity index (χ1v) is 8.09. The van der Waals surface area contributed by atoms with E-state index in [0.717, 1.165) is 4.31 Å². The van der Waals surface area contributed by atoms with Crippen LogP contribution in [-0.4, -0.2) is 41.0 Å². The molecule has 0 aliphatic carbocycles. The highest BCUT2D eigenvalue weighted by atomic mass is 32.2. The molecular formula is C14H28N2O3S. The molecule has 20 heavy (non-hydrogen) atoms. The van der Waals surface area contributed by atoms with Gasteiger partial charge in [0.1, 0.15) is 5.75 Å². The SMILES string of the molecule is CC.CC.COc1ccc(N(C)S(=O)(=O)N(C)C)cc1. The van der Waals surface area contributed by atoms with Crippen molar-refractivity contribution >= 4 is 15.9 Å². The number of ether oxygens (including phenoxy) is 1. The number of hydrogen-bond acceptors (Lipinski definition) is 3. The van der Waals surface area contributed by atoms with Crippen LogP contribution in [0.25, 0.3) is 0 Å². The molecule has 0 heterocycles. The molecule has 1 aromatic carbocycles. The van der Waals surface area contributed by atoms with Crippen molar-refractivity contribution in [1.82, 2.24) is 4.31 Å². The topological polar surface area (TPSA) is 49.9 Å². The summed E-state index contributed by atoms with van der Waals surface area (Å²) in [6.45, 7) is 8.00. The van der Waals surface area contributed by atoms with E-state index in [1.807, 2.05) is 27.7 Å². The summed E-state index contributed by atoms with van der Waals surface area (Å²) in [4.78, 5) is 0. The molecule has 0 aliphatic heterocycles. The first-order valence-electron chi connectivity index (χ1n) is 6.70. The van der Waals surface area contributed by atoms with Crippen LogP contribution >= 0.6 is 0 Å². The van der Waals surface area contributed by atoms with Crippen molar-refractivity contribution in [2.24, 2.45) is 0 Å². The van der Waals surface area contributed by atoms with Crippen molar-refractivity contribution in [3.05, 3.63) is 24.3 Å². The maximum Gasteiger partial charge on any atom is 0.303 e. The van der Waals surface area contributed by atoms with Crippen LogP contribution in [-0.2, 0) is 10.2 Å². The van der Waals surface area contributed by atoms with Gasteiger partial charge in [0.25, 0.3) is 0 Å². The molecular weight excluding hydrogens is 276 g/mol. The van der Waals surface area contributed by atoms with Gasteiger partial charge in [-0.05, 0) is 24.3 Å². The Bertz CT molecular complexity index is 442. The van der Waals surface area contributed by atoms with Gasteiger partial charge in [-0.15, -0.1) is 0 Å². The zero-order valence-electron chi connectivity index (χ0n) is 13.8. The lowest BCUT2D eigenvalue weighted by Crippen LogP contribution is -2.37. The number of methoxy groups -OCH3 is 1. The summed E-state index contributed by atoms with van der Waals surface area (Å²) in [6, 6.07) is 6.83. The molecule has 0 fully saturated rings. The average molecular weight is 304 g/mol. The molecule has 0 saturated heterocycles. The van der Waals surface area contributed by atoms with Crippen molar-refractivity contribution in [3.63, 3.8) is 0 Å². The predicted molar refractivity (Wildman–Crippen MR) is 86.7 cm³/mol. The van der Waals surface area contributed by atoms with Crippen molar-refractivity contribution < 1.29 is 13.2 Å². The summed E-state index contributed by atoms with van der Waals surface area (Å²) in [7, 11) is 2.64. The van der Waals surface area contributed by atoms with Gasteiger partial charge in [0, 0.05) is 21.1 Å². The van der Waals surface area contributed by atoms with E-state index in [2.05, 4.69) is 0 Å². The molecule has 5 nitrogen and oxygen atoms in total. The number of nitrogens with zero attached hydrogens (tertiary/aromatic N) is 2. The summed E-state index contributed by atoms with van der Waals surface area (Å²) in [5.74, 6) is 0.694. The van der Waals surface area contributed by atoms with E-state index in [0.29, 0.717) is 11.4 Å². The fourth-order valence-corrected chi connectivity index (χ4v) is 2.05. The zero-order valence-corrected chi connectivity index (χ0v) is 14.7. The second-order valence-electron chi connectivity index (χ2n) is 3.46. The van der Waals surface area contributed by atoms with Gasteiger partial charge in [0.05, 0.1) is 12.8 Å². The standard InChI is InChI=1S/C10H16N2O3S.2C2H6/c1-11(2)16(13,14)12(3)9-5-7-10(15-4)8-6-9;2*1-2/h5-8H,1-4H3;2*1-2H3. The fraction of sp³-hybridized carbons (Fsp3) is 0.571. The molecule has 1 aromatic rings. The molecule has 0 spiro atoms. The Morgan fingerprint density at radius 2 is 1.30 bits per heavy atom. The van der Waals surface area contributed by atoms with Crippen molar-refractivity contribution in [3.8, 4) is 5.75 Å². The molecule has 0 atom stereocenters. The number of rotatable bonds is 4. The maximum atomic E-state index is 11.8. The van der Waals surface area contributed by atoms with Gasteiger partial charge in [-0.2, -0.15) is 12.7 Å². The van der Waals surface area contributed by atoms with E-state index in [-0.39, 0.29) is 0 Å². The Kier molecular flexibility index (Phi) is 11.1. The van der Waals surface area contributed by atoms with Crippen molar-refractivity contribution in [2.45, 2.75) is 27.7 Å². The van der Waals surface area contributed by atoms with Crippen molar-refractivity contribution in [2.75, 3.05) is 32.6 Å². The normalized spacial score (nSPS) is 9.85. The van der Waals surface area contributed by atoms with E-state index in [1.54, 1.807) is 31.4 Å². The summed E-state index contributed by atoms with van der Waals surface area (Å²) >= 11 is 0. The average Bonchev–Trinajstić information content (AvgIpc) is 2.50. The zero-order chi connectivity index (χ0) is 16.3. The molecule has 118 valence electrons. The fourth-order valence-electron chi connectivity index (χ4n) is 1.17. The minimum atomic E-state index is -3.42. The Morgan fingerprint density at radius 1 is 0.900 bits per heavy atom. The van der Waals surface area contributed by atoms with E-state index in [4.69, 9.17) is 4.74 Å². The van der Waals surface area contributed by atoms with Crippen LogP contribution < -0.4 is 9.04 Å². The largest absolute Gasteiger partial charge is 0.497 e. The molecule has 0 aliphatic rings. The number of anilines is 1. The minimum absolute atomic E-state index is 0.592. The minimum Gasteiger partial charge on any atom is -0.497 e. The molecule has 0 unspecified atom stereocenters. The smallest absolute Gasteiger partial charge is 0.303 e. The van der Waals surface area contributed by atoms with Crippen molar-refractivity contribution in [1.29, 1.82) is 0 Å². The van der Waals surface area contributed by atoms with Crippen LogP contribution in [0.1, 0.15) is 27.7 Å². The second-order valence-corrected chi connectivity index (χ2v) is 5.63. The highest BCUT2D eigenvalue weighted by Gasteiger charge is 2.20. The highest BCUT2D eigenvalue weighted by molar-refractivity contribution is 7.90. The van der Waals surface area contributed by atoms with Gasteiger partial charge in [-0.1, -0.05) is 27.7 Å². The van der Waals surface area contributed by atoms with E-state index >= 15 is 0 Å². The van der Waals surface area contributed by atoms with E-state index in [9.17, 15) is 8.42 Å². The van der Waals surface area contributed by atoms with Crippen LogP contribution in [0.3, 0.4) is 0 Å². The molecule has 6 heteroatoms. The summed E-state index contributed by atoms with van der Waals surface area (Å²) in [5, 5.41) is 0. The molecule has 0 radical (unpaired) electrons. The van der Waals surface area contributed by atoms with Crippen LogP contribution in [0.15, 0.2) is 24.3 Å². The van der Waals surface area contributed by atoms with Gasteiger partial charge >= 0.3 is 10.2 Å². The molecule has 0 N–H and O–H groups in total. The van der Waals surface area contributed by atoms with E-state index in [1.165, 1.54) is 25.4 Å². The van der Waals surface area contributed by atoms with Crippen LogP contribution in [0.5, 0.6) is 5.75 Å². The maximum absolute atomic E-state index is 11.8. The Hall–Kier alpha value is -1.27. The Morgan fingerprint density at radius 3 is 1.60 bits per heavy atom. The Balaban J connectivity index is 0. The molecule has 0 bridgehead atoms. The van der Waals surface area contributed by atoms with E-state index < -0.39 is 10.2 Å². The summed E-state index contributed by atoms with van der Waals surface area (Å²) in [6.07, 6.45) is 0. The lowest BCUT2D eigenvalue weighted by molar-refractivity contribution is 0.415. The number of benzene rings is 1. The molecule has 1 rings (SSSR count). The third-order valence-electron chi connectivity index (χ3n) is 2.24. The quantitative estimate of drug-likeness (QED) is 0.859. The molecule has 0 amide bonds. The van der Waals surface area contributed by atoms with Crippen LogP contribution in [0.2, 0.25) is 0 Å². The first-order chi connectivity index (χ1) is 9.39. The molecule has 0 saturated carbocycles.